The molecule has 1 aromatic rings. The molecule has 1 aliphatic heterocycles. The van der Waals surface area contributed by atoms with E-state index in [4.69, 9.17) is 19.8 Å². The van der Waals surface area contributed by atoms with Crippen LogP contribution in [0, 0.1) is 0 Å². The highest BCUT2D eigenvalue weighted by Gasteiger charge is 2.52. The zero-order valence-electron chi connectivity index (χ0n) is 11.6. The average Bonchev–Trinajstić information content (AvgIpc) is 2.48. The highest BCUT2D eigenvalue weighted by molar-refractivity contribution is 6.63. The Kier molecular flexibility index (Phi) is 3.07. The van der Waals surface area contributed by atoms with Crippen LogP contribution >= 0.6 is 0 Å². The number of anilines is 1. The Labute approximate surface area is 109 Å². The molecule has 0 amide bonds. The maximum Gasteiger partial charge on any atom is 0.497 e. The van der Waals surface area contributed by atoms with Gasteiger partial charge < -0.3 is 19.8 Å². The maximum absolute atomic E-state index is 5.99. The summed E-state index contributed by atoms with van der Waals surface area (Å²) in [5, 5.41) is 0. The molecule has 1 saturated heterocycles. The van der Waals surface area contributed by atoms with E-state index in [-0.39, 0.29) is 11.2 Å². The third-order valence-corrected chi connectivity index (χ3v) is 3.80. The first-order valence-corrected chi connectivity index (χ1v) is 6.06. The van der Waals surface area contributed by atoms with Crippen molar-refractivity contribution in [2.45, 2.75) is 38.9 Å². The van der Waals surface area contributed by atoms with Crippen molar-refractivity contribution < 1.29 is 14.0 Å². The van der Waals surface area contributed by atoms with Crippen LogP contribution in [-0.4, -0.2) is 25.4 Å². The van der Waals surface area contributed by atoms with Crippen LogP contribution in [0.1, 0.15) is 27.7 Å². The van der Waals surface area contributed by atoms with Gasteiger partial charge in [0.15, 0.2) is 0 Å². The lowest BCUT2D eigenvalue weighted by molar-refractivity contribution is 0.00578. The fourth-order valence-corrected chi connectivity index (χ4v) is 1.85. The lowest BCUT2D eigenvalue weighted by atomic mass is 9.78. The van der Waals surface area contributed by atoms with Crippen molar-refractivity contribution in [3.8, 4) is 5.75 Å². The Morgan fingerprint density at radius 2 is 1.67 bits per heavy atom. The van der Waals surface area contributed by atoms with E-state index >= 15 is 0 Å². The molecule has 1 heterocycles. The summed E-state index contributed by atoms with van der Waals surface area (Å²) < 4.78 is 17.2. The SMILES string of the molecule is COc1ccc(N)c(B2OC(C)(C)C(C)(C)O2)c1. The number of methoxy groups -OCH3 is 1. The van der Waals surface area contributed by atoms with Crippen LogP contribution in [0.4, 0.5) is 5.69 Å². The molecule has 1 aliphatic rings. The molecule has 0 aliphatic carbocycles. The maximum atomic E-state index is 5.99. The van der Waals surface area contributed by atoms with Gasteiger partial charge in [0.25, 0.3) is 0 Å². The minimum absolute atomic E-state index is 0.368. The van der Waals surface area contributed by atoms with Gasteiger partial charge in [-0.05, 0) is 45.9 Å². The van der Waals surface area contributed by atoms with E-state index in [0.29, 0.717) is 5.69 Å². The Morgan fingerprint density at radius 1 is 1.11 bits per heavy atom. The molecule has 5 heteroatoms. The number of nitrogens with two attached hydrogens (primary N) is 1. The smallest absolute Gasteiger partial charge is 0.497 e. The quantitative estimate of drug-likeness (QED) is 0.638. The largest absolute Gasteiger partial charge is 0.497 e. The van der Waals surface area contributed by atoms with Gasteiger partial charge >= 0.3 is 7.12 Å². The molecule has 2 rings (SSSR count). The van der Waals surface area contributed by atoms with Gasteiger partial charge in [0.05, 0.1) is 18.3 Å². The van der Waals surface area contributed by atoms with Crippen molar-refractivity contribution in [3.05, 3.63) is 18.2 Å². The number of hydrogen-bond donors (Lipinski definition) is 1. The first-order chi connectivity index (χ1) is 8.27. The summed E-state index contributed by atoms with van der Waals surface area (Å²) in [4.78, 5) is 0. The van der Waals surface area contributed by atoms with Crippen molar-refractivity contribution in [2.24, 2.45) is 0 Å². The Hall–Kier alpha value is -1.20. The summed E-state index contributed by atoms with van der Waals surface area (Å²) in [5.41, 5.74) is 6.71. The molecular formula is C13H20BNO3. The van der Waals surface area contributed by atoms with Gasteiger partial charge in [-0.3, -0.25) is 0 Å². The lowest BCUT2D eigenvalue weighted by Gasteiger charge is -2.32. The predicted octanol–water partition coefficient (Wildman–Crippen LogP) is 1.58. The number of rotatable bonds is 2. The Bertz CT molecular complexity index is 444. The van der Waals surface area contributed by atoms with Crippen LogP contribution in [0.25, 0.3) is 0 Å². The highest BCUT2D eigenvalue weighted by atomic mass is 16.7. The summed E-state index contributed by atoms with van der Waals surface area (Å²) in [7, 11) is 1.17. The van der Waals surface area contributed by atoms with Gasteiger partial charge in [-0.2, -0.15) is 0 Å². The van der Waals surface area contributed by atoms with Gasteiger partial charge in [-0.1, -0.05) is 0 Å². The zero-order valence-corrected chi connectivity index (χ0v) is 11.6. The molecule has 0 atom stereocenters. The molecule has 1 aromatic carbocycles. The van der Waals surface area contributed by atoms with Gasteiger partial charge in [0.1, 0.15) is 5.75 Å². The summed E-state index contributed by atoms with van der Waals surface area (Å²) >= 11 is 0. The van der Waals surface area contributed by atoms with Crippen molar-refractivity contribution in [3.63, 3.8) is 0 Å². The summed E-state index contributed by atoms with van der Waals surface area (Å²) in [6.45, 7) is 8.07. The van der Waals surface area contributed by atoms with Gasteiger partial charge in [0.2, 0.25) is 0 Å². The monoisotopic (exact) mass is 249 g/mol. The van der Waals surface area contributed by atoms with Crippen LogP contribution in [0.3, 0.4) is 0 Å². The Morgan fingerprint density at radius 3 is 2.17 bits per heavy atom. The van der Waals surface area contributed by atoms with E-state index in [9.17, 15) is 0 Å². The summed E-state index contributed by atoms with van der Waals surface area (Å²) in [5.74, 6) is 0.744. The van der Waals surface area contributed by atoms with E-state index < -0.39 is 7.12 Å². The molecule has 0 saturated carbocycles. The third kappa shape index (κ3) is 2.08. The number of hydrogen-bond acceptors (Lipinski definition) is 4. The fourth-order valence-electron chi connectivity index (χ4n) is 1.85. The predicted molar refractivity (Wildman–Crippen MR) is 73.1 cm³/mol. The van der Waals surface area contributed by atoms with Crippen LogP contribution in [-0.2, 0) is 9.31 Å². The van der Waals surface area contributed by atoms with Crippen molar-refractivity contribution in [1.29, 1.82) is 0 Å². The van der Waals surface area contributed by atoms with Crippen molar-refractivity contribution in [1.82, 2.24) is 0 Å². The van der Waals surface area contributed by atoms with Crippen LogP contribution < -0.4 is 15.9 Å². The summed E-state index contributed by atoms with van der Waals surface area (Å²) in [6, 6.07) is 5.49. The second-order valence-electron chi connectivity index (χ2n) is 5.58. The van der Waals surface area contributed by atoms with Crippen molar-refractivity contribution >= 4 is 18.3 Å². The molecule has 2 N–H and O–H groups in total. The van der Waals surface area contributed by atoms with Crippen LogP contribution in [0.2, 0.25) is 0 Å². The molecule has 0 spiro atoms. The average molecular weight is 249 g/mol. The Balaban J connectivity index is 2.34. The normalized spacial score (nSPS) is 21.1. The molecule has 18 heavy (non-hydrogen) atoms. The molecular weight excluding hydrogens is 229 g/mol. The van der Waals surface area contributed by atoms with E-state index in [0.717, 1.165) is 11.2 Å². The van der Waals surface area contributed by atoms with Gasteiger partial charge in [-0.15, -0.1) is 0 Å². The summed E-state index contributed by atoms with van der Waals surface area (Å²) in [6.07, 6.45) is 0. The highest BCUT2D eigenvalue weighted by Crippen LogP contribution is 2.37. The molecule has 98 valence electrons. The lowest BCUT2D eigenvalue weighted by Crippen LogP contribution is -2.41. The van der Waals surface area contributed by atoms with Crippen LogP contribution in [0.5, 0.6) is 5.75 Å². The fraction of sp³-hybridized carbons (Fsp3) is 0.538. The minimum atomic E-state index is -0.454. The van der Waals surface area contributed by atoms with Crippen molar-refractivity contribution in [2.75, 3.05) is 12.8 Å². The first kappa shape index (κ1) is 13.2. The minimum Gasteiger partial charge on any atom is -0.497 e. The standard InChI is InChI=1S/C13H20BNO3/c1-12(2)13(3,4)18-14(17-12)10-8-9(16-5)6-7-11(10)15/h6-8H,15H2,1-5H3. The first-order valence-electron chi connectivity index (χ1n) is 6.06. The number of benzene rings is 1. The van der Waals surface area contributed by atoms with E-state index in [1.807, 2.05) is 39.8 Å². The van der Waals surface area contributed by atoms with E-state index in [1.54, 1.807) is 13.2 Å². The number of nitrogen functional groups attached to an aromatic ring is 1. The van der Waals surface area contributed by atoms with Gasteiger partial charge in [0, 0.05) is 11.2 Å². The van der Waals surface area contributed by atoms with E-state index in [1.165, 1.54) is 0 Å². The molecule has 0 bridgehead atoms. The molecule has 0 radical (unpaired) electrons. The molecule has 4 nitrogen and oxygen atoms in total. The third-order valence-electron chi connectivity index (χ3n) is 3.80. The second-order valence-corrected chi connectivity index (χ2v) is 5.58. The second kappa shape index (κ2) is 4.18. The molecule has 1 fully saturated rings. The topological polar surface area (TPSA) is 53.7 Å². The van der Waals surface area contributed by atoms with E-state index in [2.05, 4.69) is 0 Å². The molecule has 0 aromatic heterocycles. The van der Waals surface area contributed by atoms with Crippen LogP contribution in [0.15, 0.2) is 18.2 Å². The zero-order chi connectivity index (χ0) is 13.6. The molecule has 0 unspecified atom stereocenters. The number of ether oxygens (including phenoxy) is 1. The van der Waals surface area contributed by atoms with Gasteiger partial charge in [-0.25, -0.2) is 0 Å².